The maximum absolute atomic E-state index is 5.40. The Morgan fingerprint density at radius 2 is 2.08 bits per heavy atom. The summed E-state index contributed by atoms with van der Waals surface area (Å²) < 4.78 is 17.5. The molecule has 0 aromatic carbocycles. The first-order valence-electron chi connectivity index (χ1n) is 8.03. The molecule has 8 nitrogen and oxygen atoms in total. The molecule has 25 heavy (non-hydrogen) atoms. The first-order chi connectivity index (χ1) is 12.2. The lowest BCUT2D eigenvalue weighted by Crippen LogP contribution is -2.03. The zero-order valence-corrected chi connectivity index (χ0v) is 14.3. The quantitative estimate of drug-likeness (QED) is 0.677. The summed E-state index contributed by atoms with van der Waals surface area (Å²) in [6, 6.07) is 2.31. The highest BCUT2D eigenvalue weighted by molar-refractivity contribution is 5.67. The number of hydrogen-bond donors (Lipinski definition) is 0. The van der Waals surface area contributed by atoms with Crippen LogP contribution in [0.4, 0.5) is 0 Å². The second-order valence-corrected chi connectivity index (χ2v) is 6.02. The predicted molar refractivity (Wildman–Crippen MR) is 89.8 cm³/mol. The van der Waals surface area contributed by atoms with Crippen LogP contribution < -0.4 is 9.47 Å². The Kier molecular flexibility index (Phi) is 3.96. The summed E-state index contributed by atoms with van der Waals surface area (Å²) in [6.07, 6.45) is 6.35. The monoisotopic (exact) mass is 341 g/mol. The summed E-state index contributed by atoms with van der Waals surface area (Å²) in [4.78, 5) is 12.9. The first-order valence-corrected chi connectivity index (χ1v) is 8.03. The van der Waals surface area contributed by atoms with Crippen molar-refractivity contribution in [2.75, 3.05) is 27.9 Å². The van der Waals surface area contributed by atoms with Gasteiger partial charge in [-0.3, -0.25) is 0 Å². The van der Waals surface area contributed by atoms with Crippen molar-refractivity contribution in [3.05, 3.63) is 30.2 Å². The highest BCUT2D eigenvalue weighted by Crippen LogP contribution is 2.49. The summed E-state index contributed by atoms with van der Waals surface area (Å²) >= 11 is 0. The molecule has 0 spiro atoms. The summed E-state index contributed by atoms with van der Waals surface area (Å²) in [7, 11) is 4.82. The molecule has 1 saturated carbocycles. The average Bonchev–Trinajstić information content (AvgIpc) is 3.24. The fourth-order valence-corrected chi connectivity index (χ4v) is 3.15. The standard InChI is InChI=1S/C17H19N5O3/c1-23-9-10-6-11(10)12-7-14(21-22-5-4-18-15(12)22)13-8-19-17(25-3)20-16(13)24-2/h4-5,7-8,10-11H,6,9H2,1-3H3/t10-,11+/m1/s1. The highest BCUT2D eigenvalue weighted by atomic mass is 16.5. The van der Waals surface area contributed by atoms with Gasteiger partial charge in [-0.05, 0) is 24.3 Å². The molecule has 1 fully saturated rings. The fourth-order valence-electron chi connectivity index (χ4n) is 3.15. The van der Waals surface area contributed by atoms with E-state index in [2.05, 4.69) is 26.1 Å². The number of aromatic nitrogens is 5. The van der Waals surface area contributed by atoms with Crippen molar-refractivity contribution in [2.24, 2.45) is 5.92 Å². The van der Waals surface area contributed by atoms with E-state index >= 15 is 0 Å². The van der Waals surface area contributed by atoms with Crippen LogP contribution in [-0.4, -0.2) is 52.5 Å². The van der Waals surface area contributed by atoms with Crippen LogP contribution in [0.3, 0.4) is 0 Å². The molecule has 1 aliphatic carbocycles. The molecule has 4 rings (SSSR count). The van der Waals surface area contributed by atoms with Crippen molar-refractivity contribution in [1.29, 1.82) is 0 Å². The number of imidazole rings is 1. The normalized spacial score (nSPS) is 19.2. The van der Waals surface area contributed by atoms with Crippen LogP contribution in [0.2, 0.25) is 0 Å². The Balaban J connectivity index is 1.81. The van der Waals surface area contributed by atoms with Crippen LogP contribution in [0.25, 0.3) is 16.9 Å². The maximum Gasteiger partial charge on any atom is 0.319 e. The van der Waals surface area contributed by atoms with Gasteiger partial charge in [-0.2, -0.15) is 10.1 Å². The molecule has 130 valence electrons. The minimum Gasteiger partial charge on any atom is -0.480 e. The molecule has 0 N–H and O–H groups in total. The minimum absolute atomic E-state index is 0.256. The predicted octanol–water partition coefficient (Wildman–Crippen LogP) is 1.95. The lowest BCUT2D eigenvalue weighted by Gasteiger charge is -2.10. The molecule has 8 heteroatoms. The largest absolute Gasteiger partial charge is 0.480 e. The Hall–Kier alpha value is -2.74. The summed E-state index contributed by atoms with van der Waals surface area (Å²) in [5.74, 6) is 1.38. The van der Waals surface area contributed by atoms with Crippen LogP contribution in [-0.2, 0) is 4.74 Å². The highest BCUT2D eigenvalue weighted by Gasteiger charge is 2.40. The van der Waals surface area contributed by atoms with Crippen molar-refractivity contribution in [2.45, 2.75) is 12.3 Å². The van der Waals surface area contributed by atoms with Crippen LogP contribution in [0.5, 0.6) is 11.9 Å². The Labute approximate surface area is 144 Å². The SMILES string of the molecule is COC[C@H]1C[C@@H]1c1cc(-c2cnc(OC)nc2OC)nn2ccnc12. The van der Waals surface area contributed by atoms with Gasteiger partial charge in [-0.1, -0.05) is 0 Å². The molecule has 0 unspecified atom stereocenters. The van der Waals surface area contributed by atoms with E-state index in [1.54, 1.807) is 31.1 Å². The van der Waals surface area contributed by atoms with Gasteiger partial charge in [0.05, 0.1) is 25.5 Å². The number of ether oxygens (including phenoxy) is 3. The number of methoxy groups -OCH3 is 3. The van der Waals surface area contributed by atoms with E-state index in [4.69, 9.17) is 14.2 Å². The van der Waals surface area contributed by atoms with Crippen LogP contribution in [0.1, 0.15) is 17.9 Å². The van der Waals surface area contributed by atoms with Crippen LogP contribution >= 0.6 is 0 Å². The van der Waals surface area contributed by atoms with E-state index in [1.165, 1.54) is 7.11 Å². The zero-order valence-electron chi connectivity index (χ0n) is 14.3. The second-order valence-electron chi connectivity index (χ2n) is 6.02. The summed E-state index contributed by atoms with van der Waals surface area (Å²) in [5, 5.41) is 4.63. The lowest BCUT2D eigenvalue weighted by atomic mass is 10.1. The molecular weight excluding hydrogens is 322 g/mol. The van der Waals surface area contributed by atoms with Crippen LogP contribution in [0.15, 0.2) is 24.7 Å². The molecule has 1 aliphatic rings. The first kappa shape index (κ1) is 15.8. The molecule has 0 saturated heterocycles. The number of rotatable bonds is 6. The molecule has 3 aromatic rings. The van der Waals surface area contributed by atoms with E-state index in [1.807, 2.05) is 6.20 Å². The third kappa shape index (κ3) is 2.78. The van der Waals surface area contributed by atoms with Crippen molar-refractivity contribution >= 4 is 5.65 Å². The Morgan fingerprint density at radius 3 is 2.84 bits per heavy atom. The van der Waals surface area contributed by atoms with Gasteiger partial charge in [0.25, 0.3) is 0 Å². The van der Waals surface area contributed by atoms with Gasteiger partial charge >= 0.3 is 6.01 Å². The third-order valence-corrected chi connectivity index (χ3v) is 4.47. The van der Waals surface area contributed by atoms with E-state index < -0.39 is 0 Å². The Morgan fingerprint density at radius 1 is 1.20 bits per heavy atom. The third-order valence-electron chi connectivity index (χ3n) is 4.47. The molecule has 0 aliphatic heterocycles. The topological polar surface area (TPSA) is 83.7 Å². The van der Waals surface area contributed by atoms with Gasteiger partial charge in [0.1, 0.15) is 0 Å². The molecule has 0 amide bonds. The maximum atomic E-state index is 5.40. The molecule has 2 atom stereocenters. The number of fused-ring (bicyclic) bond motifs is 1. The number of nitrogens with zero attached hydrogens (tertiary/aromatic N) is 5. The molecule has 3 heterocycles. The van der Waals surface area contributed by atoms with E-state index in [0.717, 1.165) is 29.9 Å². The van der Waals surface area contributed by atoms with Gasteiger partial charge in [0.15, 0.2) is 5.65 Å². The van der Waals surface area contributed by atoms with Gasteiger partial charge in [0.2, 0.25) is 5.88 Å². The van der Waals surface area contributed by atoms with E-state index in [0.29, 0.717) is 23.3 Å². The van der Waals surface area contributed by atoms with Gasteiger partial charge in [-0.25, -0.2) is 14.5 Å². The number of hydrogen-bond acceptors (Lipinski definition) is 7. The summed E-state index contributed by atoms with van der Waals surface area (Å²) in [6.45, 7) is 0.754. The van der Waals surface area contributed by atoms with Gasteiger partial charge < -0.3 is 14.2 Å². The molecule has 0 bridgehead atoms. The van der Waals surface area contributed by atoms with Crippen molar-refractivity contribution in [3.8, 4) is 23.1 Å². The fraction of sp³-hybridized carbons (Fsp3) is 0.412. The molecule has 3 aromatic heterocycles. The average molecular weight is 341 g/mol. The second kappa shape index (κ2) is 6.29. The lowest BCUT2D eigenvalue weighted by molar-refractivity contribution is 0.184. The van der Waals surface area contributed by atoms with Gasteiger partial charge in [-0.15, -0.1) is 0 Å². The van der Waals surface area contributed by atoms with E-state index in [-0.39, 0.29) is 6.01 Å². The summed E-state index contributed by atoms with van der Waals surface area (Å²) in [5.41, 5.74) is 3.49. The van der Waals surface area contributed by atoms with Crippen molar-refractivity contribution in [3.63, 3.8) is 0 Å². The Bertz CT molecular complexity index is 910. The zero-order chi connectivity index (χ0) is 17.4. The van der Waals surface area contributed by atoms with Crippen molar-refractivity contribution < 1.29 is 14.2 Å². The van der Waals surface area contributed by atoms with Crippen molar-refractivity contribution in [1.82, 2.24) is 24.6 Å². The molecular formula is C17H19N5O3. The van der Waals surface area contributed by atoms with Gasteiger partial charge in [0, 0.05) is 37.9 Å². The minimum atomic E-state index is 0.256. The smallest absolute Gasteiger partial charge is 0.319 e. The molecule has 0 radical (unpaired) electrons. The van der Waals surface area contributed by atoms with Crippen LogP contribution in [0, 0.1) is 5.92 Å². The van der Waals surface area contributed by atoms with E-state index in [9.17, 15) is 0 Å².